The first-order chi connectivity index (χ1) is 5.74. The van der Waals surface area contributed by atoms with Crippen molar-refractivity contribution in [3.8, 4) is 0 Å². The van der Waals surface area contributed by atoms with E-state index < -0.39 is 0 Å². The minimum atomic E-state index is -0.0888. The molecule has 0 bridgehead atoms. The molecule has 0 saturated heterocycles. The highest BCUT2D eigenvalue weighted by Gasteiger charge is 2.28. The predicted molar refractivity (Wildman–Crippen MR) is 51.1 cm³/mol. The predicted octanol–water partition coefficient (Wildman–Crippen LogP) is 1.39. The first-order valence-electron chi connectivity index (χ1n) is 5.12. The van der Waals surface area contributed by atoms with E-state index in [1.165, 1.54) is 19.3 Å². The first-order valence-corrected chi connectivity index (χ1v) is 5.12. The van der Waals surface area contributed by atoms with Gasteiger partial charge in [-0.05, 0) is 31.2 Å². The monoisotopic (exact) mass is 171 g/mol. The largest absolute Gasteiger partial charge is 0.392 e. The van der Waals surface area contributed by atoms with Crippen molar-refractivity contribution >= 4 is 0 Å². The number of aliphatic hydroxyl groups excluding tert-OH is 1. The van der Waals surface area contributed by atoms with Crippen molar-refractivity contribution in [2.24, 2.45) is 11.8 Å². The summed E-state index contributed by atoms with van der Waals surface area (Å²) in [5, 5.41) is 12.8. The third kappa shape index (κ3) is 3.55. The third-order valence-corrected chi connectivity index (χ3v) is 2.71. The molecular weight excluding hydrogens is 150 g/mol. The third-order valence-electron chi connectivity index (χ3n) is 2.71. The van der Waals surface area contributed by atoms with E-state index in [1.54, 1.807) is 0 Å². The van der Waals surface area contributed by atoms with Crippen LogP contribution in [0, 0.1) is 11.8 Å². The van der Waals surface area contributed by atoms with Gasteiger partial charge < -0.3 is 10.4 Å². The van der Waals surface area contributed by atoms with Crippen LogP contribution in [0.5, 0.6) is 0 Å². The van der Waals surface area contributed by atoms with E-state index >= 15 is 0 Å². The van der Waals surface area contributed by atoms with Gasteiger partial charge in [-0.1, -0.05) is 20.3 Å². The van der Waals surface area contributed by atoms with Crippen LogP contribution in [0.4, 0.5) is 0 Å². The number of hydrogen-bond donors (Lipinski definition) is 2. The van der Waals surface area contributed by atoms with Crippen LogP contribution in [0.2, 0.25) is 0 Å². The Balaban J connectivity index is 1.93. The van der Waals surface area contributed by atoms with E-state index in [0.717, 1.165) is 19.0 Å². The maximum Gasteiger partial charge on any atom is 0.0692 e. The summed E-state index contributed by atoms with van der Waals surface area (Å²) in [5.74, 6) is 1.34. The smallest absolute Gasteiger partial charge is 0.0692 e. The van der Waals surface area contributed by atoms with Gasteiger partial charge in [-0.3, -0.25) is 0 Å². The maximum absolute atomic E-state index is 9.51. The minimum Gasteiger partial charge on any atom is -0.392 e. The van der Waals surface area contributed by atoms with Gasteiger partial charge in [0.1, 0.15) is 0 Å². The Labute approximate surface area is 75.4 Å². The summed E-state index contributed by atoms with van der Waals surface area (Å²) in [6.07, 6.45) is 3.58. The zero-order valence-electron chi connectivity index (χ0n) is 8.21. The highest BCUT2D eigenvalue weighted by atomic mass is 16.3. The van der Waals surface area contributed by atoms with Crippen molar-refractivity contribution in [1.29, 1.82) is 0 Å². The molecule has 72 valence electrons. The average molecular weight is 171 g/mol. The molecule has 1 saturated carbocycles. The van der Waals surface area contributed by atoms with Gasteiger partial charge >= 0.3 is 0 Å². The Bertz CT molecular complexity index is 123. The highest BCUT2D eigenvalue weighted by Crippen LogP contribution is 2.32. The van der Waals surface area contributed by atoms with Crippen LogP contribution in [0.3, 0.4) is 0 Å². The van der Waals surface area contributed by atoms with Crippen molar-refractivity contribution in [2.45, 2.75) is 39.2 Å². The van der Waals surface area contributed by atoms with Gasteiger partial charge in [-0.25, -0.2) is 0 Å². The van der Waals surface area contributed by atoms with Crippen LogP contribution in [-0.2, 0) is 0 Å². The summed E-state index contributed by atoms with van der Waals surface area (Å²) in [6, 6.07) is 0. The fourth-order valence-corrected chi connectivity index (χ4v) is 1.27. The average Bonchev–Trinajstić information content (AvgIpc) is 2.86. The molecule has 0 heterocycles. The molecule has 0 aromatic carbocycles. The summed E-state index contributed by atoms with van der Waals surface area (Å²) in [7, 11) is 0. The topological polar surface area (TPSA) is 32.3 Å². The molecule has 1 aliphatic rings. The number of hydrogen-bond acceptors (Lipinski definition) is 2. The summed E-state index contributed by atoms with van der Waals surface area (Å²) in [4.78, 5) is 0. The van der Waals surface area contributed by atoms with Crippen molar-refractivity contribution in [2.75, 3.05) is 13.1 Å². The second-order valence-corrected chi connectivity index (χ2v) is 4.08. The van der Waals surface area contributed by atoms with Crippen molar-refractivity contribution in [3.05, 3.63) is 0 Å². The Kier molecular flexibility index (Phi) is 4.02. The molecule has 2 nitrogen and oxygen atoms in total. The lowest BCUT2D eigenvalue weighted by Crippen LogP contribution is -2.31. The second kappa shape index (κ2) is 4.83. The lowest BCUT2D eigenvalue weighted by atomic mass is 10.1. The van der Waals surface area contributed by atoms with E-state index in [4.69, 9.17) is 0 Å². The standard InChI is InChI=1S/C10H21NO/c1-3-8(2)6-11-7-10(12)9-4-5-9/h8-12H,3-7H2,1-2H3. The molecule has 0 aromatic rings. The molecule has 0 aromatic heterocycles. The first kappa shape index (κ1) is 10.0. The Morgan fingerprint density at radius 3 is 2.58 bits per heavy atom. The number of rotatable bonds is 6. The lowest BCUT2D eigenvalue weighted by Gasteiger charge is -2.13. The van der Waals surface area contributed by atoms with E-state index in [1.807, 2.05) is 0 Å². The van der Waals surface area contributed by atoms with Gasteiger partial charge in [0.25, 0.3) is 0 Å². The van der Waals surface area contributed by atoms with Gasteiger partial charge in [-0.2, -0.15) is 0 Å². The summed E-state index contributed by atoms with van der Waals surface area (Å²) < 4.78 is 0. The molecule has 1 fully saturated rings. The SMILES string of the molecule is CCC(C)CNCC(O)C1CC1. The molecule has 2 N–H and O–H groups in total. The summed E-state index contributed by atoms with van der Waals surface area (Å²) >= 11 is 0. The fourth-order valence-electron chi connectivity index (χ4n) is 1.27. The zero-order valence-corrected chi connectivity index (χ0v) is 8.21. The molecule has 0 radical (unpaired) electrons. The Morgan fingerprint density at radius 2 is 2.08 bits per heavy atom. The molecule has 0 spiro atoms. The fraction of sp³-hybridized carbons (Fsp3) is 1.00. The van der Waals surface area contributed by atoms with Crippen molar-refractivity contribution < 1.29 is 5.11 Å². The van der Waals surface area contributed by atoms with Gasteiger partial charge in [-0.15, -0.1) is 0 Å². The maximum atomic E-state index is 9.51. The Hall–Kier alpha value is -0.0800. The normalized spacial score (nSPS) is 22.2. The summed E-state index contributed by atoms with van der Waals surface area (Å²) in [6.45, 7) is 6.26. The highest BCUT2D eigenvalue weighted by molar-refractivity contribution is 4.82. The molecule has 12 heavy (non-hydrogen) atoms. The quantitative estimate of drug-likeness (QED) is 0.633. The van der Waals surface area contributed by atoms with Gasteiger partial charge in [0.2, 0.25) is 0 Å². The van der Waals surface area contributed by atoms with E-state index in [2.05, 4.69) is 19.2 Å². The van der Waals surface area contributed by atoms with Crippen LogP contribution in [0.15, 0.2) is 0 Å². The molecule has 2 unspecified atom stereocenters. The second-order valence-electron chi connectivity index (χ2n) is 4.08. The van der Waals surface area contributed by atoms with Crippen LogP contribution < -0.4 is 5.32 Å². The van der Waals surface area contributed by atoms with Gasteiger partial charge in [0, 0.05) is 6.54 Å². The summed E-state index contributed by atoms with van der Waals surface area (Å²) in [5.41, 5.74) is 0. The van der Waals surface area contributed by atoms with Crippen molar-refractivity contribution in [3.63, 3.8) is 0 Å². The minimum absolute atomic E-state index is 0.0888. The molecule has 2 atom stereocenters. The molecular formula is C10H21NO. The van der Waals surface area contributed by atoms with Crippen LogP contribution >= 0.6 is 0 Å². The van der Waals surface area contributed by atoms with Gasteiger partial charge in [0.05, 0.1) is 6.10 Å². The van der Waals surface area contributed by atoms with Crippen LogP contribution in [0.25, 0.3) is 0 Å². The van der Waals surface area contributed by atoms with E-state index in [0.29, 0.717) is 5.92 Å². The van der Waals surface area contributed by atoms with Crippen LogP contribution in [0.1, 0.15) is 33.1 Å². The molecule has 1 rings (SSSR count). The van der Waals surface area contributed by atoms with E-state index in [-0.39, 0.29) is 6.10 Å². The zero-order chi connectivity index (χ0) is 8.97. The molecule has 2 heteroatoms. The molecule has 0 amide bonds. The van der Waals surface area contributed by atoms with Crippen molar-refractivity contribution in [1.82, 2.24) is 5.32 Å². The number of nitrogens with one attached hydrogen (secondary N) is 1. The lowest BCUT2D eigenvalue weighted by molar-refractivity contribution is 0.147. The Morgan fingerprint density at radius 1 is 1.42 bits per heavy atom. The molecule has 0 aliphatic heterocycles. The number of aliphatic hydroxyl groups is 1. The van der Waals surface area contributed by atoms with E-state index in [9.17, 15) is 5.11 Å². The van der Waals surface area contributed by atoms with Crippen LogP contribution in [-0.4, -0.2) is 24.3 Å². The van der Waals surface area contributed by atoms with Gasteiger partial charge in [0.15, 0.2) is 0 Å². The molecule has 1 aliphatic carbocycles.